The van der Waals surface area contributed by atoms with E-state index in [-0.39, 0.29) is 24.2 Å². The summed E-state index contributed by atoms with van der Waals surface area (Å²) in [6.45, 7) is 3.62. The fraction of sp³-hybridized carbons (Fsp3) is 0.727. The van der Waals surface area contributed by atoms with Gasteiger partial charge in [-0.1, -0.05) is 13.3 Å². The summed E-state index contributed by atoms with van der Waals surface area (Å²) in [7, 11) is 0. The SMILES string of the molecule is C[C@@H]([CH]C(=O)NN1CCCCC1)CC(N)=O. The number of carbonyl (C=O) groups is 2. The third kappa shape index (κ3) is 5.11. The Labute approximate surface area is 96.3 Å². The fourth-order valence-electron chi connectivity index (χ4n) is 1.83. The third-order valence-corrected chi connectivity index (χ3v) is 2.58. The van der Waals surface area contributed by atoms with E-state index in [2.05, 4.69) is 5.43 Å². The highest BCUT2D eigenvalue weighted by atomic mass is 16.2. The Bertz CT molecular complexity index is 250. The zero-order valence-corrected chi connectivity index (χ0v) is 9.74. The van der Waals surface area contributed by atoms with Gasteiger partial charge >= 0.3 is 0 Å². The molecule has 0 unspecified atom stereocenters. The number of nitrogens with two attached hydrogens (primary N) is 1. The first-order valence-electron chi connectivity index (χ1n) is 5.76. The standard InChI is InChI=1S/C11H20N3O2/c1-9(7-10(12)15)8-11(16)13-14-5-3-2-4-6-14/h8-9H,2-7H2,1H3,(H2,12,15)(H,13,16)/t9-/m1/s1. The van der Waals surface area contributed by atoms with Crippen LogP contribution in [-0.4, -0.2) is 29.9 Å². The molecule has 0 aromatic heterocycles. The van der Waals surface area contributed by atoms with Crippen molar-refractivity contribution in [3.05, 3.63) is 6.42 Å². The molecule has 5 heteroatoms. The summed E-state index contributed by atoms with van der Waals surface area (Å²) in [4.78, 5) is 22.2. The van der Waals surface area contributed by atoms with Crippen molar-refractivity contribution in [2.75, 3.05) is 13.1 Å². The van der Waals surface area contributed by atoms with Crippen LogP contribution in [0.25, 0.3) is 0 Å². The van der Waals surface area contributed by atoms with Gasteiger partial charge in [0.05, 0.1) is 6.42 Å². The minimum atomic E-state index is -0.380. The number of rotatable bonds is 5. The van der Waals surface area contributed by atoms with Gasteiger partial charge in [0.15, 0.2) is 0 Å². The molecule has 0 aromatic rings. The molecule has 3 N–H and O–H groups in total. The van der Waals surface area contributed by atoms with Crippen LogP contribution in [0.4, 0.5) is 0 Å². The molecule has 1 aliphatic rings. The van der Waals surface area contributed by atoms with Crippen molar-refractivity contribution in [1.82, 2.24) is 10.4 Å². The van der Waals surface area contributed by atoms with Gasteiger partial charge < -0.3 is 5.73 Å². The summed E-state index contributed by atoms with van der Waals surface area (Å²) in [5.74, 6) is -0.632. The topological polar surface area (TPSA) is 75.4 Å². The molecule has 5 nitrogen and oxygen atoms in total. The minimum Gasteiger partial charge on any atom is -0.370 e. The Hall–Kier alpha value is -1.10. The van der Waals surface area contributed by atoms with E-state index in [1.165, 1.54) is 12.8 Å². The maximum Gasteiger partial charge on any atom is 0.238 e. The van der Waals surface area contributed by atoms with Gasteiger partial charge in [0.25, 0.3) is 0 Å². The number of nitrogens with one attached hydrogen (secondary N) is 1. The Kier molecular flexibility index (Phi) is 5.25. The van der Waals surface area contributed by atoms with E-state index in [1.54, 1.807) is 6.92 Å². The molecule has 1 rings (SSSR count). The molecule has 0 spiro atoms. The Morgan fingerprint density at radius 2 is 2.00 bits per heavy atom. The highest BCUT2D eigenvalue weighted by Crippen LogP contribution is 2.08. The predicted octanol–water partition coefficient (Wildman–Crippen LogP) is 0.219. The molecule has 1 aliphatic heterocycles. The Morgan fingerprint density at radius 1 is 1.38 bits per heavy atom. The van der Waals surface area contributed by atoms with Gasteiger partial charge in [0.2, 0.25) is 11.8 Å². The van der Waals surface area contributed by atoms with Gasteiger partial charge in [-0.3, -0.25) is 15.0 Å². The van der Waals surface area contributed by atoms with Crippen molar-refractivity contribution >= 4 is 11.8 Å². The maximum absolute atomic E-state index is 11.5. The molecular formula is C11H20N3O2. The number of nitrogens with zero attached hydrogens (tertiary/aromatic N) is 1. The lowest BCUT2D eigenvalue weighted by Gasteiger charge is -2.27. The van der Waals surface area contributed by atoms with Gasteiger partial charge in [-0.05, 0) is 18.8 Å². The van der Waals surface area contributed by atoms with Crippen LogP contribution < -0.4 is 11.2 Å². The van der Waals surface area contributed by atoms with Crippen LogP contribution in [0.5, 0.6) is 0 Å². The van der Waals surface area contributed by atoms with Crippen LogP contribution in [0.15, 0.2) is 0 Å². The van der Waals surface area contributed by atoms with Crippen molar-refractivity contribution in [1.29, 1.82) is 0 Å². The number of hydrazine groups is 1. The molecule has 16 heavy (non-hydrogen) atoms. The van der Waals surface area contributed by atoms with Crippen LogP contribution in [0.2, 0.25) is 0 Å². The first-order valence-corrected chi connectivity index (χ1v) is 5.76. The summed E-state index contributed by atoms with van der Waals surface area (Å²) >= 11 is 0. The largest absolute Gasteiger partial charge is 0.370 e. The van der Waals surface area contributed by atoms with Gasteiger partial charge in [-0.25, -0.2) is 5.01 Å². The Morgan fingerprint density at radius 3 is 2.56 bits per heavy atom. The lowest BCUT2D eigenvalue weighted by Crippen LogP contribution is -2.45. The van der Waals surface area contributed by atoms with E-state index in [9.17, 15) is 9.59 Å². The summed E-state index contributed by atoms with van der Waals surface area (Å²) < 4.78 is 0. The monoisotopic (exact) mass is 226 g/mol. The second-order valence-electron chi connectivity index (χ2n) is 4.34. The zero-order chi connectivity index (χ0) is 12.0. The first-order chi connectivity index (χ1) is 7.58. The average molecular weight is 226 g/mol. The summed E-state index contributed by atoms with van der Waals surface area (Å²) in [5, 5.41) is 1.93. The van der Waals surface area contributed by atoms with Crippen molar-refractivity contribution in [3.8, 4) is 0 Å². The zero-order valence-electron chi connectivity index (χ0n) is 9.74. The van der Waals surface area contributed by atoms with E-state index in [4.69, 9.17) is 5.73 Å². The molecule has 0 bridgehead atoms. The lowest BCUT2D eigenvalue weighted by atomic mass is 10.0. The minimum absolute atomic E-state index is 0.109. The van der Waals surface area contributed by atoms with Gasteiger partial charge in [-0.2, -0.15) is 0 Å². The van der Waals surface area contributed by atoms with Gasteiger partial charge in [0.1, 0.15) is 0 Å². The molecule has 0 aliphatic carbocycles. The van der Waals surface area contributed by atoms with Crippen molar-refractivity contribution < 1.29 is 9.59 Å². The number of carbonyl (C=O) groups excluding carboxylic acids is 2. The molecule has 2 amide bonds. The second-order valence-corrected chi connectivity index (χ2v) is 4.34. The smallest absolute Gasteiger partial charge is 0.238 e. The Balaban J connectivity index is 2.21. The van der Waals surface area contributed by atoms with E-state index in [1.807, 2.05) is 5.01 Å². The molecular weight excluding hydrogens is 206 g/mol. The van der Waals surface area contributed by atoms with E-state index in [0.717, 1.165) is 25.9 Å². The molecule has 1 fully saturated rings. The maximum atomic E-state index is 11.5. The quantitative estimate of drug-likeness (QED) is 0.704. The summed E-state index contributed by atoms with van der Waals surface area (Å²) in [6.07, 6.45) is 5.20. The number of hydrogen-bond acceptors (Lipinski definition) is 3. The van der Waals surface area contributed by atoms with Crippen LogP contribution in [0, 0.1) is 12.3 Å². The lowest BCUT2D eigenvalue weighted by molar-refractivity contribution is -0.123. The highest BCUT2D eigenvalue weighted by Gasteiger charge is 2.16. The number of piperidine rings is 1. The first kappa shape index (κ1) is 13.0. The molecule has 1 saturated heterocycles. The average Bonchev–Trinajstić information content (AvgIpc) is 2.17. The van der Waals surface area contributed by atoms with Crippen LogP contribution in [0.1, 0.15) is 32.6 Å². The fourth-order valence-corrected chi connectivity index (χ4v) is 1.83. The number of primary amides is 1. The normalized spacial score (nSPS) is 19.1. The molecule has 1 heterocycles. The number of hydrogen-bond donors (Lipinski definition) is 2. The van der Waals surface area contributed by atoms with Crippen LogP contribution in [-0.2, 0) is 9.59 Å². The summed E-state index contributed by atoms with van der Waals surface area (Å²) in [5.41, 5.74) is 7.86. The van der Waals surface area contributed by atoms with E-state index in [0.29, 0.717) is 0 Å². The molecule has 1 radical (unpaired) electrons. The van der Waals surface area contributed by atoms with Crippen molar-refractivity contribution in [2.45, 2.75) is 32.6 Å². The van der Waals surface area contributed by atoms with Crippen molar-refractivity contribution in [3.63, 3.8) is 0 Å². The predicted molar refractivity (Wildman–Crippen MR) is 60.8 cm³/mol. The van der Waals surface area contributed by atoms with Crippen molar-refractivity contribution in [2.24, 2.45) is 11.7 Å². The van der Waals surface area contributed by atoms with Crippen LogP contribution in [0.3, 0.4) is 0 Å². The highest BCUT2D eigenvalue weighted by molar-refractivity contribution is 5.85. The van der Waals surface area contributed by atoms with Gasteiger partial charge in [-0.15, -0.1) is 0 Å². The van der Waals surface area contributed by atoms with Crippen LogP contribution >= 0.6 is 0 Å². The molecule has 0 aromatic carbocycles. The molecule has 1 atom stereocenters. The third-order valence-electron chi connectivity index (χ3n) is 2.58. The summed E-state index contributed by atoms with van der Waals surface area (Å²) in [6, 6.07) is 0. The molecule has 0 saturated carbocycles. The second kappa shape index (κ2) is 6.48. The van der Waals surface area contributed by atoms with Gasteiger partial charge in [0, 0.05) is 19.5 Å². The number of amides is 2. The van der Waals surface area contributed by atoms with E-state index < -0.39 is 0 Å². The van der Waals surface area contributed by atoms with E-state index >= 15 is 0 Å². The molecule has 91 valence electrons.